The van der Waals surface area contributed by atoms with E-state index in [2.05, 4.69) is 60.4 Å². The predicted octanol–water partition coefficient (Wildman–Crippen LogP) is 4.02. The topological polar surface area (TPSA) is 3.24 Å². The van der Waals surface area contributed by atoms with Crippen molar-refractivity contribution in [2.24, 2.45) is 5.92 Å². The molecule has 0 saturated carbocycles. The predicted molar refractivity (Wildman–Crippen MR) is 72.6 cm³/mol. The highest BCUT2D eigenvalue weighted by atomic mass is 15.2. The van der Waals surface area contributed by atoms with Gasteiger partial charge in [-0.15, -0.1) is 0 Å². The van der Waals surface area contributed by atoms with Gasteiger partial charge >= 0.3 is 0 Å². The van der Waals surface area contributed by atoms with Crippen LogP contribution in [-0.4, -0.2) is 24.0 Å². The lowest BCUT2D eigenvalue weighted by atomic mass is 9.94. The number of rotatable bonds is 2. The van der Waals surface area contributed by atoms with E-state index in [1.165, 1.54) is 11.1 Å². The second-order valence-corrected chi connectivity index (χ2v) is 6.22. The van der Waals surface area contributed by atoms with Gasteiger partial charge < -0.3 is 4.90 Å². The minimum atomic E-state index is 0.255. The molecule has 0 N–H and O–H groups in total. The van der Waals surface area contributed by atoms with E-state index in [0.717, 1.165) is 6.54 Å². The minimum Gasteiger partial charge on any atom is -0.301 e. The van der Waals surface area contributed by atoms with Crippen molar-refractivity contribution in [1.29, 1.82) is 0 Å². The van der Waals surface area contributed by atoms with E-state index in [1.54, 1.807) is 11.1 Å². The van der Waals surface area contributed by atoms with Crippen LogP contribution in [0.1, 0.15) is 48.5 Å². The van der Waals surface area contributed by atoms with Crippen molar-refractivity contribution in [3.05, 3.63) is 22.3 Å². The van der Waals surface area contributed by atoms with Gasteiger partial charge in [0.2, 0.25) is 0 Å². The Morgan fingerprint density at radius 3 is 1.62 bits per heavy atom. The third kappa shape index (κ3) is 2.40. The molecule has 1 heteroatoms. The molecule has 0 aliphatic heterocycles. The van der Waals surface area contributed by atoms with Crippen molar-refractivity contribution >= 4 is 0 Å². The Hall–Kier alpha value is -0.560. The van der Waals surface area contributed by atoms with Gasteiger partial charge in [-0.1, -0.05) is 11.1 Å². The van der Waals surface area contributed by atoms with Crippen LogP contribution >= 0.6 is 0 Å². The van der Waals surface area contributed by atoms with E-state index in [-0.39, 0.29) is 5.54 Å². The first-order valence-electron chi connectivity index (χ1n) is 6.22. The number of hydrogen-bond donors (Lipinski definition) is 0. The molecule has 1 rings (SSSR count). The summed E-state index contributed by atoms with van der Waals surface area (Å²) in [6, 6.07) is 0. The average molecular weight is 221 g/mol. The summed E-state index contributed by atoms with van der Waals surface area (Å²) in [4.78, 5) is 2.45. The summed E-state index contributed by atoms with van der Waals surface area (Å²) in [7, 11) is 2.23. The summed E-state index contributed by atoms with van der Waals surface area (Å²) in [6.45, 7) is 17.1. The molecular formula is C15H27N. The summed E-state index contributed by atoms with van der Waals surface area (Å²) in [5.74, 6) is 0.629. The van der Waals surface area contributed by atoms with Crippen LogP contribution in [0.2, 0.25) is 0 Å². The molecule has 1 aliphatic rings. The zero-order valence-corrected chi connectivity index (χ0v) is 12.2. The van der Waals surface area contributed by atoms with E-state index in [4.69, 9.17) is 0 Å². The fourth-order valence-electron chi connectivity index (χ4n) is 2.26. The normalized spacial score (nSPS) is 19.3. The number of allylic oxidation sites excluding steroid dienone is 2. The molecule has 16 heavy (non-hydrogen) atoms. The van der Waals surface area contributed by atoms with Gasteiger partial charge in [0.15, 0.2) is 0 Å². The van der Waals surface area contributed by atoms with Gasteiger partial charge in [0.25, 0.3) is 0 Å². The SMILES string of the molecule is CC1=C(C)C(CN(C)C(C)(C)C)C(C)=C1C. The van der Waals surface area contributed by atoms with Crippen LogP contribution in [0.25, 0.3) is 0 Å². The summed E-state index contributed by atoms with van der Waals surface area (Å²) in [5, 5.41) is 0. The van der Waals surface area contributed by atoms with Crippen molar-refractivity contribution in [2.75, 3.05) is 13.6 Å². The van der Waals surface area contributed by atoms with E-state index in [9.17, 15) is 0 Å². The quantitative estimate of drug-likeness (QED) is 0.681. The highest BCUT2D eigenvalue weighted by molar-refractivity contribution is 5.46. The van der Waals surface area contributed by atoms with Crippen molar-refractivity contribution in [3.63, 3.8) is 0 Å². The lowest BCUT2D eigenvalue weighted by Crippen LogP contribution is -2.41. The van der Waals surface area contributed by atoms with Crippen LogP contribution < -0.4 is 0 Å². The standard InChI is InChI=1S/C15H27N/c1-10-11(2)13(4)14(12(10)3)9-16(8)15(5,6)7/h14H,9H2,1-8H3. The monoisotopic (exact) mass is 221 g/mol. The van der Waals surface area contributed by atoms with E-state index in [1.807, 2.05) is 0 Å². The molecule has 0 spiro atoms. The summed E-state index contributed by atoms with van der Waals surface area (Å²) in [5.41, 5.74) is 6.39. The van der Waals surface area contributed by atoms with Crippen LogP contribution in [0.5, 0.6) is 0 Å². The van der Waals surface area contributed by atoms with Crippen LogP contribution in [0.3, 0.4) is 0 Å². The molecule has 0 atom stereocenters. The van der Waals surface area contributed by atoms with Crippen molar-refractivity contribution in [1.82, 2.24) is 4.90 Å². The van der Waals surface area contributed by atoms with Crippen LogP contribution in [0, 0.1) is 5.92 Å². The van der Waals surface area contributed by atoms with Crippen LogP contribution in [0.4, 0.5) is 0 Å². The van der Waals surface area contributed by atoms with Crippen molar-refractivity contribution in [2.45, 2.75) is 54.0 Å². The molecule has 92 valence electrons. The Balaban J connectivity index is 2.86. The summed E-state index contributed by atoms with van der Waals surface area (Å²) >= 11 is 0. The molecular weight excluding hydrogens is 194 g/mol. The second kappa shape index (κ2) is 4.37. The molecule has 1 aliphatic carbocycles. The van der Waals surface area contributed by atoms with Crippen LogP contribution in [-0.2, 0) is 0 Å². The molecule has 0 bridgehead atoms. The van der Waals surface area contributed by atoms with Gasteiger partial charge in [-0.3, -0.25) is 0 Å². The Kier molecular flexibility index (Phi) is 3.69. The average Bonchev–Trinajstić information content (AvgIpc) is 2.34. The highest BCUT2D eigenvalue weighted by Crippen LogP contribution is 2.37. The van der Waals surface area contributed by atoms with Crippen LogP contribution in [0.15, 0.2) is 22.3 Å². The van der Waals surface area contributed by atoms with Gasteiger partial charge in [0, 0.05) is 18.0 Å². The molecule has 0 unspecified atom stereocenters. The van der Waals surface area contributed by atoms with E-state index >= 15 is 0 Å². The third-order valence-corrected chi connectivity index (χ3v) is 4.39. The highest BCUT2D eigenvalue weighted by Gasteiger charge is 2.28. The lowest BCUT2D eigenvalue weighted by molar-refractivity contribution is 0.164. The summed E-state index contributed by atoms with van der Waals surface area (Å²) < 4.78 is 0. The molecule has 1 nitrogen and oxygen atoms in total. The molecule has 0 radical (unpaired) electrons. The van der Waals surface area contributed by atoms with E-state index < -0.39 is 0 Å². The Morgan fingerprint density at radius 1 is 0.938 bits per heavy atom. The second-order valence-electron chi connectivity index (χ2n) is 6.22. The number of nitrogens with zero attached hydrogens (tertiary/aromatic N) is 1. The molecule has 0 aromatic heterocycles. The maximum atomic E-state index is 2.45. The van der Waals surface area contributed by atoms with Gasteiger partial charge in [-0.25, -0.2) is 0 Å². The lowest BCUT2D eigenvalue weighted by Gasteiger charge is -2.34. The van der Waals surface area contributed by atoms with Crippen molar-refractivity contribution < 1.29 is 0 Å². The van der Waals surface area contributed by atoms with Gasteiger partial charge in [0.05, 0.1) is 0 Å². The molecule has 0 amide bonds. The maximum absolute atomic E-state index is 2.45. The minimum absolute atomic E-state index is 0.255. The Labute approximate surface area is 101 Å². The Morgan fingerprint density at radius 2 is 1.31 bits per heavy atom. The Bertz CT molecular complexity index is 315. The molecule has 0 fully saturated rings. The summed E-state index contributed by atoms with van der Waals surface area (Å²) in [6.07, 6.45) is 0. The molecule has 0 aromatic rings. The molecule has 0 aromatic carbocycles. The maximum Gasteiger partial charge on any atom is 0.0141 e. The largest absolute Gasteiger partial charge is 0.301 e. The molecule has 0 heterocycles. The fraction of sp³-hybridized carbons (Fsp3) is 0.733. The fourth-order valence-corrected chi connectivity index (χ4v) is 2.26. The van der Waals surface area contributed by atoms with Gasteiger partial charge in [0.1, 0.15) is 0 Å². The number of hydrogen-bond acceptors (Lipinski definition) is 1. The molecule has 0 saturated heterocycles. The first kappa shape index (κ1) is 13.5. The van der Waals surface area contributed by atoms with Gasteiger partial charge in [-0.05, 0) is 66.7 Å². The zero-order valence-electron chi connectivity index (χ0n) is 12.2. The first-order chi connectivity index (χ1) is 7.16. The smallest absolute Gasteiger partial charge is 0.0141 e. The zero-order chi connectivity index (χ0) is 12.7. The van der Waals surface area contributed by atoms with E-state index in [0.29, 0.717) is 5.92 Å². The van der Waals surface area contributed by atoms with Crippen molar-refractivity contribution in [3.8, 4) is 0 Å². The first-order valence-corrected chi connectivity index (χ1v) is 6.22. The third-order valence-electron chi connectivity index (χ3n) is 4.39. The van der Waals surface area contributed by atoms with Gasteiger partial charge in [-0.2, -0.15) is 0 Å².